The second kappa shape index (κ2) is 5.89. The molecule has 3 N–H and O–H groups in total. The first-order valence-electron chi connectivity index (χ1n) is 6.94. The average Bonchev–Trinajstić information content (AvgIpc) is 2.32. The number of ether oxygens (including phenoxy) is 1. The minimum atomic E-state index is -0.967. The third-order valence-electron chi connectivity index (χ3n) is 4.16. The molecule has 1 saturated heterocycles. The van der Waals surface area contributed by atoms with Crippen molar-refractivity contribution in [2.24, 2.45) is 0 Å². The Balaban J connectivity index is 1.93. The van der Waals surface area contributed by atoms with Gasteiger partial charge in [-0.1, -0.05) is 19.3 Å². The molecule has 0 unspecified atom stereocenters. The van der Waals surface area contributed by atoms with Gasteiger partial charge in [-0.2, -0.15) is 0 Å². The Labute approximate surface area is 108 Å². The van der Waals surface area contributed by atoms with E-state index in [0.29, 0.717) is 13.2 Å². The highest BCUT2D eigenvalue weighted by Gasteiger charge is 2.34. The Morgan fingerprint density at radius 3 is 2.67 bits per heavy atom. The molecule has 18 heavy (non-hydrogen) atoms. The lowest BCUT2D eigenvalue weighted by atomic mass is 9.82. The molecular weight excluding hydrogens is 232 g/mol. The standard InChI is InChI=1S/C13H24N2O3/c1-13(6-3-2-4-7-13)15-10-5-8-18-9-11(10)14-12(16)17/h10-11,14-15H,2-9H2,1H3,(H,16,17)/t10-,11-/m1/s1. The normalized spacial score (nSPS) is 31.8. The van der Waals surface area contributed by atoms with E-state index in [9.17, 15) is 4.79 Å². The van der Waals surface area contributed by atoms with Crippen LogP contribution in [-0.4, -0.2) is 42.0 Å². The number of carbonyl (C=O) groups is 1. The lowest BCUT2D eigenvalue weighted by Crippen LogP contribution is -2.60. The molecule has 1 heterocycles. The predicted molar refractivity (Wildman–Crippen MR) is 68.8 cm³/mol. The molecule has 2 atom stereocenters. The van der Waals surface area contributed by atoms with Crippen molar-refractivity contribution in [1.29, 1.82) is 0 Å². The molecule has 1 aliphatic heterocycles. The first-order valence-corrected chi connectivity index (χ1v) is 6.94. The number of nitrogens with one attached hydrogen (secondary N) is 2. The van der Waals surface area contributed by atoms with E-state index in [2.05, 4.69) is 17.6 Å². The number of hydrogen-bond donors (Lipinski definition) is 3. The largest absolute Gasteiger partial charge is 0.465 e. The Hall–Kier alpha value is -0.810. The summed E-state index contributed by atoms with van der Waals surface area (Å²) >= 11 is 0. The van der Waals surface area contributed by atoms with Gasteiger partial charge in [0.15, 0.2) is 0 Å². The second-order valence-electron chi connectivity index (χ2n) is 5.79. The van der Waals surface area contributed by atoms with Gasteiger partial charge in [-0.25, -0.2) is 4.79 Å². The topological polar surface area (TPSA) is 70.6 Å². The van der Waals surface area contributed by atoms with Gasteiger partial charge in [0.05, 0.1) is 12.6 Å². The lowest BCUT2D eigenvalue weighted by Gasteiger charge is -2.42. The van der Waals surface area contributed by atoms with Crippen LogP contribution in [0.25, 0.3) is 0 Å². The molecule has 0 bridgehead atoms. The smallest absolute Gasteiger partial charge is 0.405 e. The van der Waals surface area contributed by atoms with Crippen molar-refractivity contribution in [2.45, 2.75) is 63.1 Å². The van der Waals surface area contributed by atoms with Crippen molar-refractivity contribution in [2.75, 3.05) is 13.2 Å². The molecule has 104 valence electrons. The van der Waals surface area contributed by atoms with E-state index in [1.807, 2.05) is 0 Å². The lowest BCUT2D eigenvalue weighted by molar-refractivity contribution is 0.0372. The van der Waals surface area contributed by atoms with Crippen LogP contribution in [0, 0.1) is 0 Å². The van der Waals surface area contributed by atoms with Crippen LogP contribution in [0.15, 0.2) is 0 Å². The molecule has 2 fully saturated rings. The Morgan fingerprint density at radius 1 is 1.28 bits per heavy atom. The summed E-state index contributed by atoms with van der Waals surface area (Å²) in [6, 6.07) is 0.0629. The van der Waals surface area contributed by atoms with Crippen molar-refractivity contribution in [1.82, 2.24) is 10.6 Å². The van der Waals surface area contributed by atoms with Crippen LogP contribution in [0.1, 0.15) is 45.4 Å². The van der Waals surface area contributed by atoms with Gasteiger partial charge in [0.1, 0.15) is 0 Å². The summed E-state index contributed by atoms with van der Waals surface area (Å²) in [5, 5.41) is 15.1. The molecule has 1 aliphatic carbocycles. The van der Waals surface area contributed by atoms with Gasteiger partial charge >= 0.3 is 6.09 Å². The first kappa shape index (κ1) is 13.6. The van der Waals surface area contributed by atoms with Gasteiger partial charge in [-0.05, 0) is 26.2 Å². The molecule has 0 aromatic heterocycles. The third kappa shape index (κ3) is 3.59. The highest BCUT2D eigenvalue weighted by atomic mass is 16.5. The maximum atomic E-state index is 10.8. The van der Waals surface area contributed by atoms with Gasteiger partial charge in [-0.15, -0.1) is 0 Å². The van der Waals surface area contributed by atoms with E-state index in [0.717, 1.165) is 6.42 Å². The van der Waals surface area contributed by atoms with Crippen LogP contribution in [0.5, 0.6) is 0 Å². The monoisotopic (exact) mass is 256 g/mol. The summed E-state index contributed by atoms with van der Waals surface area (Å²) < 4.78 is 5.37. The van der Waals surface area contributed by atoms with Crippen LogP contribution in [-0.2, 0) is 4.74 Å². The van der Waals surface area contributed by atoms with Gasteiger partial charge in [0.2, 0.25) is 0 Å². The molecule has 2 aliphatic rings. The molecule has 1 amide bonds. The number of carboxylic acid groups (broad SMARTS) is 1. The molecule has 2 rings (SSSR count). The second-order valence-corrected chi connectivity index (χ2v) is 5.79. The van der Waals surface area contributed by atoms with Crippen LogP contribution >= 0.6 is 0 Å². The molecule has 5 nitrogen and oxygen atoms in total. The maximum Gasteiger partial charge on any atom is 0.405 e. The van der Waals surface area contributed by atoms with E-state index < -0.39 is 6.09 Å². The molecule has 5 heteroatoms. The number of hydrogen-bond acceptors (Lipinski definition) is 3. The third-order valence-corrected chi connectivity index (χ3v) is 4.16. The molecule has 0 radical (unpaired) electrons. The summed E-state index contributed by atoms with van der Waals surface area (Å²) in [7, 11) is 0. The number of rotatable bonds is 3. The van der Waals surface area contributed by atoms with E-state index in [1.165, 1.54) is 32.1 Å². The Morgan fingerprint density at radius 2 is 2.00 bits per heavy atom. The van der Waals surface area contributed by atoms with Crippen LogP contribution in [0.4, 0.5) is 4.79 Å². The summed E-state index contributed by atoms with van der Waals surface area (Å²) in [6.07, 6.45) is 6.13. The quantitative estimate of drug-likeness (QED) is 0.719. The van der Waals surface area contributed by atoms with Crippen molar-refractivity contribution in [3.05, 3.63) is 0 Å². The van der Waals surface area contributed by atoms with Crippen molar-refractivity contribution in [3.8, 4) is 0 Å². The molecular formula is C13H24N2O3. The summed E-state index contributed by atoms with van der Waals surface area (Å²) in [5.74, 6) is 0. The average molecular weight is 256 g/mol. The molecule has 0 spiro atoms. The minimum Gasteiger partial charge on any atom is -0.465 e. The van der Waals surface area contributed by atoms with E-state index in [-0.39, 0.29) is 17.6 Å². The van der Waals surface area contributed by atoms with Crippen LogP contribution in [0.2, 0.25) is 0 Å². The fourth-order valence-corrected chi connectivity index (χ4v) is 3.14. The Kier molecular flexibility index (Phi) is 4.45. The zero-order valence-corrected chi connectivity index (χ0v) is 11.1. The summed E-state index contributed by atoms with van der Waals surface area (Å²) in [4.78, 5) is 10.8. The van der Waals surface area contributed by atoms with Crippen LogP contribution in [0.3, 0.4) is 0 Å². The molecule has 0 aromatic carbocycles. The minimum absolute atomic E-state index is 0.130. The highest BCUT2D eigenvalue weighted by molar-refractivity contribution is 5.65. The Bertz CT molecular complexity index is 290. The molecule has 0 aromatic rings. The predicted octanol–water partition coefficient (Wildman–Crippen LogP) is 1.72. The fraction of sp³-hybridized carbons (Fsp3) is 0.923. The van der Waals surface area contributed by atoms with Crippen molar-refractivity contribution >= 4 is 6.09 Å². The van der Waals surface area contributed by atoms with E-state index >= 15 is 0 Å². The van der Waals surface area contributed by atoms with Crippen molar-refractivity contribution < 1.29 is 14.6 Å². The van der Waals surface area contributed by atoms with Gasteiger partial charge in [-0.3, -0.25) is 0 Å². The molecule has 1 saturated carbocycles. The summed E-state index contributed by atoms with van der Waals surface area (Å²) in [6.45, 7) is 3.45. The first-order chi connectivity index (χ1) is 8.59. The van der Waals surface area contributed by atoms with E-state index in [1.54, 1.807) is 0 Å². The maximum absolute atomic E-state index is 10.8. The SMILES string of the molecule is CC1(N[C@@H]2CCOC[C@H]2NC(=O)O)CCCCC1. The van der Waals surface area contributed by atoms with Gasteiger partial charge < -0.3 is 20.5 Å². The zero-order chi connectivity index (χ0) is 13.0. The zero-order valence-electron chi connectivity index (χ0n) is 11.1. The van der Waals surface area contributed by atoms with Crippen LogP contribution < -0.4 is 10.6 Å². The highest BCUT2D eigenvalue weighted by Crippen LogP contribution is 2.29. The fourth-order valence-electron chi connectivity index (χ4n) is 3.14. The number of amides is 1. The van der Waals surface area contributed by atoms with E-state index in [4.69, 9.17) is 9.84 Å². The summed E-state index contributed by atoms with van der Waals surface area (Å²) in [5.41, 5.74) is 0.165. The van der Waals surface area contributed by atoms with Gasteiger partial charge in [0.25, 0.3) is 0 Å². The van der Waals surface area contributed by atoms with Crippen molar-refractivity contribution in [3.63, 3.8) is 0 Å². The van der Waals surface area contributed by atoms with Gasteiger partial charge in [0, 0.05) is 18.2 Å².